The number of nitrogens with zero attached hydrogens (tertiary/aromatic N) is 3. The first-order valence-corrected chi connectivity index (χ1v) is 7.79. The van der Waals surface area contributed by atoms with Crippen LogP contribution in [0.5, 0.6) is 0 Å². The molecule has 2 rings (SSSR count). The van der Waals surface area contributed by atoms with Crippen LogP contribution in [0.4, 0.5) is 9.93 Å². The van der Waals surface area contributed by atoms with Gasteiger partial charge in [0.2, 0.25) is 5.13 Å². The second-order valence-electron chi connectivity index (χ2n) is 6.12. The third-order valence-corrected chi connectivity index (χ3v) is 4.79. The Labute approximate surface area is 124 Å². The van der Waals surface area contributed by atoms with Crippen molar-refractivity contribution >= 4 is 22.5 Å². The molecule has 1 aliphatic rings. The summed E-state index contributed by atoms with van der Waals surface area (Å²) in [5.74, 6) is 0. The minimum atomic E-state index is -0.102. The van der Waals surface area contributed by atoms with Gasteiger partial charge in [0.1, 0.15) is 5.01 Å². The van der Waals surface area contributed by atoms with Gasteiger partial charge in [-0.15, -0.1) is 10.2 Å². The molecule has 0 radical (unpaired) electrons. The number of aromatic nitrogens is 2. The van der Waals surface area contributed by atoms with E-state index in [1.807, 2.05) is 0 Å². The molecule has 0 spiro atoms. The molecule has 1 aromatic heterocycles. The van der Waals surface area contributed by atoms with Gasteiger partial charge >= 0.3 is 6.03 Å². The van der Waals surface area contributed by atoms with E-state index < -0.39 is 0 Å². The van der Waals surface area contributed by atoms with Crippen molar-refractivity contribution in [2.75, 3.05) is 25.0 Å². The zero-order valence-corrected chi connectivity index (χ0v) is 13.4. The van der Waals surface area contributed by atoms with Gasteiger partial charge in [-0.05, 0) is 12.8 Å². The molecular weight excluding hydrogens is 274 g/mol. The molecule has 0 aliphatic carbocycles. The van der Waals surface area contributed by atoms with E-state index >= 15 is 0 Å². The Kier molecular flexibility index (Phi) is 4.47. The summed E-state index contributed by atoms with van der Waals surface area (Å²) in [6.45, 7) is 8.27. The normalized spacial score (nSPS) is 17.1. The largest absolute Gasteiger partial charge is 0.347 e. The Hall–Kier alpha value is -1.37. The van der Waals surface area contributed by atoms with Crippen LogP contribution in [0, 0.1) is 0 Å². The molecule has 0 unspecified atom stereocenters. The van der Waals surface area contributed by atoms with E-state index in [1.54, 1.807) is 18.4 Å². The molecular formula is C13H23N5OS. The molecule has 20 heavy (non-hydrogen) atoms. The van der Waals surface area contributed by atoms with Crippen LogP contribution in [0.1, 0.15) is 38.6 Å². The van der Waals surface area contributed by atoms with Crippen LogP contribution in [-0.2, 0) is 5.41 Å². The van der Waals surface area contributed by atoms with Crippen LogP contribution >= 0.6 is 11.3 Å². The average Bonchev–Trinajstić information content (AvgIpc) is 2.89. The predicted molar refractivity (Wildman–Crippen MR) is 81.4 cm³/mol. The van der Waals surface area contributed by atoms with Gasteiger partial charge in [-0.3, -0.25) is 0 Å². The number of rotatable bonds is 2. The summed E-state index contributed by atoms with van der Waals surface area (Å²) in [6.07, 6.45) is 1.88. The SMILES string of the molecule is CNC(=O)NC1CCN(c2nnc(C(C)(C)C)s2)CC1. The monoisotopic (exact) mass is 297 g/mol. The first kappa shape index (κ1) is 15.0. The Morgan fingerprint density at radius 2 is 1.95 bits per heavy atom. The predicted octanol–water partition coefficient (Wildman–Crippen LogP) is 1.73. The maximum absolute atomic E-state index is 11.3. The van der Waals surface area contributed by atoms with E-state index in [0.29, 0.717) is 0 Å². The van der Waals surface area contributed by atoms with Crippen molar-refractivity contribution < 1.29 is 4.79 Å². The highest BCUT2D eigenvalue weighted by atomic mass is 32.1. The molecule has 2 amide bonds. The molecule has 112 valence electrons. The topological polar surface area (TPSA) is 70.2 Å². The fourth-order valence-corrected chi connectivity index (χ4v) is 3.07. The van der Waals surface area contributed by atoms with Crippen LogP contribution in [0.15, 0.2) is 0 Å². The molecule has 1 fully saturated rings. The van der Waals surface area contributed by atoms with E-state index in [-0.39, 0.29) is 17.5 Å². The van der Waals surface area contributed by atoms with Crippen molar-refractivity contribution in [2.24, 2.45) is 0 Å². The van der Waals surface area contributed by atoms with Crippen molar-refractivity contribution in [3.05, 3.63) is 5.01 Å². The highest BCUT2D eigenvalue weighted by Gasteiger charge is 2.25. The van der Waals surface area contributed by atoms with Gasteiger partial charge in [-0.25, -0.2) is 4.79 Å². The minimum Gasteiger partial charge on any atom is -0.347 e. The number of carbonyl (C=O) groups is 1. The van der Waals surface area contributed by atoms with Gasteiger partial charge < -0.3 is 15.5 Å². The standard InChI is InChI=1S/C13H23N5OS/c1-13(2,3)10-16-17-12(20-10)18-7-5-9(6-8-18)15-11(19)14-4/h9H,5-8H2,1-4H3,(H2,14,15,19). The number of amides is 2. The van der Waals surface area contributed by atoms with Crippen molar-refractivity contribution in [2.45, 2.75) is 45.1 Å². The Balaban J connectivity index is 1.91. The summed E-state index contributed by atoms with van der Waals surface area (Å²) >= 11 is 1.67. The molecule has 7 heteroatoms. The summed E-state index contributed by atoms with van der Waals surface area (Å²) in [7, 11) is 1.64. The third kappa shape index (κ3) is 3.59. The summed E-state index contributed by atoms with van der Waals surface area (Å²) in [6, 6.07) is 0.149. The van der Waals surface area contributed by atoms with Gasteiger partial charge in [-0.1, -0.05) is 32.1 Å². The molecule has 0 atom stereocenters. The lowest BCUT2D eigenvalue weighted by molar-refractivity contribution is 0.236. The number of nitrogens with one attached hydrogen (secondary N) is 2. The van der Waals surface area contributed by atoms with Crippen molar-refractivity contribution in [3.8, 4) is 0 Å². The Bertz CT molecular complexity index is 460. The number of anilines is 1. The summed E-state index contributed by atoms with van der Waals surface area (Å²) in [5.41, 5.74) is 0.0506. The number of piperidine rings is 1. The van der Waals surface area contributed by atoms with Crippen molar-refractivity contribution in [3.63, 3.8) is 0 Å². The highest BCUT2D eigenvalue weighted by Crippen LogP contribution is 2.30. The third-order valence-electron chi connectivity index (χ3n) is 3.38. The number of urea groups is 1. The van der Waals surface area contributed by atoms with Crippen LogP contribution < -0.4 is 15.5 Å². The maximum atomic E-state index is 11.3. The lowest BCUT2D eigenvalue weighted by atomic mass is 9.98. The second kappa shape index (κ2) is 5.95. The van der Waals surface area contributed by atoms with E-state index in [1.165, 1.54) is 0 Å². The Morgan fingerprint density at radius 1 is 1.30 bits per heavy atom. The van der Waals surface area contributed by atoms with Crippen molar-refractivity contribution in [1.29, 1.82) is 0 Å². The molecule has 0 bridgehead atoms. The van der Waals surface area contributed by atoms with Gasteiger partial charge in [0.15, 0.2) is 0 Å². The summed E-state index contributed by atoms with van der Waals surface area (Å²) < 4.78 is 0. The Morgan fingerprint density at radius 3 is 2.45 bits per heavy atom. The molecule has 1 aliphatic heterocycles. The molecule has 0 aromatic carbocycles. The van der Waals surface area contributed by atoms with Gasteiger partial charge in [0.25, 0.3) is 0 Å². The fourth-order valence-electron chi connectivity index (χ4n) is 2.12. The first-order valence-electron chi connectivity index (χ1n) is 6.97. The van der Waals surface area contributed by atoms with Crippen LogP contribution in [-0.4, -0.2) is 42.4 Å². The van der Waals surface area contributed by atoms with Crippen LogP contribution in [0.2, 0.25) is 0 Å². The number of hydrogen-bond donors (Lipinski definition) is 2. The summed E-state index contributed by atoms with van der Waals surface area (Å²) in [4.78, 5) is 13.5. The van der Waals surface area contributed by atoms with E-state index in [0.717, 1.165) is 36.1 Å². The molecule has 1 saturated heterocycles. The van der Waals surface area contributed by atoms with E-state index in [4.69, 9.17) is 0 Å². The number of hydrogen-bond acceptors (Lipinski definition) is 5. The molecule has 0 saturated carbocycles. The lowest BCUT2D eigenvalue weighted by Gasteiger charge is -2.31. The van der Waals surface area contributed by atoms with Gasteiger partial charge in [-0.2, -0.15) is 0 Å². The van der Waals surface area contributed by atoms with Gasteiger partial charge in [0, 0.05) is 31.6 Å². The van der Waals surface area contributed by atoms with E-state index in [2.05, 4.69) is 46.5 Å². The molecule has 2 heterocycles. The fraction of sp³-hybridized carbons (Fsp3) is 0.769. The zero-order chi connectivity index (χ0) is 14.8. The highest BCUT2D eigenvalue weighted by molar-refractivity contribution is 7.15. The molecule has 2 N–H and O–H groups in total. The number of carbonyl (C=O) groups excluding carboxylic acids is 1. The first-order chi connectivity index (χ1) is 9.40. The smallest absolute Gasteiger partial charge is 0.314 e. The average molecular weight is 297 g/mol. The minimum absolute atomic E-state index is 0.0506. The van der Waals surface area contributed by atoms with Crippen LogP contribution in [0.3, 0.4) is 0 Å². The second-order valence-corrected chi connectivity index (χ2v) is 7.08. The quantitative estimate of drug-likeness (QED) is 0.872. The summed E-state index contributed by atoms with van der Waals surface area (Å²) in [5, 5.41) is 16.2. The van der Waals surface area contributed by atoms with Crippen LogP contribution in [0.25, 0.3) is 0 Å². The lowest BCUT2D eigenvalue weighted by Crippen LogP contribution is -2.47. The van der Waals surface area contributed by atoms with Gasteiger partial charge in [0.05, 0.1) is 0 Å². The van der Waals surface area contributed by atoms with Crippen molar-refractivity contribution in [1.82, 2.24) is 20.8 Å². The van der Waals surface area contributed by atoms with E-state index in [9.17, 15) is 4.79 Å². The molecule has 6 nitrogen and oxygen atoms in total. The zero-order valence-electron chi connectivity index (χ0n) is 12.6. The molecule has 1 aromatic rings. The maximum Gasteiger partial charge on any atom is 0.314 e.